The highest BCUT2D eigenvalue weighted by atomic mass is 19.1. The molecule has 2 rings (SSSR count). The molecule has 7 heteroatoms. The third-order valence-electron chi connectivity index (χ3n) is 3.44. The minimum atomic E-state index is -1.62. The molecule has 0 unspecified atom stereocenters. The third kappa shape index (κ3) is 3.73. The summed E-state index contributed by atoms with van der Waals surface area (Å²) in [5.41, 5.74) is -1.95. The van der Waals surface area contributed by atoms with Crippen LogP contribution in [0, 0.1) is 22.9 Å². The Morgan fingerprint density at radius 1 is 0.833 bits per heavy atom. The zero-order chi connectivity index (χ0) is 17.9. The molecule has 126 valence electrons. The Morgan fingerprint density at radius 2 is 1.33 bits per heavy atom. The molecule has 0 aliphatic heterocycles. The Balaban J connectivity index is 2.14. The van der Waals surface area contributed by atoms with E-state index in [-0.39, 0.29) is 0 Å². The van der Waals surface area contributed by atoms with E-state index in [0.717, 1.165) is 30.3 Å². The number of benzene rings is 2. The zero-order valence-electron chi connectivity index (χ0n) is 13.0. The third-order valence-corrected chi connectivity index (χ3v) is 3.44. The molecule has 0 fully saturated rings. The van der Waals surface area contributed by atoms with Crippen molar-refractivity contribution in [2.45, 2.75) is 13.8 Å². The Bertz CT molecular complexity index is 754. The maximum absolute atomic E-state index is 13.6. The van der Waals surface area contributed by atoms with Crippen molar-refractivity contribution in [3.63, 3.8) is 0 Å². The topological polar surface area (TPSA) is 58.2 Å². The van der Waals surface area contributed by atoms with Gasteiger partial charge < -0.3 is 10.6 Å². The maximum atomic E-state index is 13.6. The second-order valence-electron chi connectivity index (χ2n) is 5.64. The van der Waals surface area contributed by atoms with Gasteiger partial charge in [0.2, 0.25) is 11.8 Å². The Kier molecular flexibility index (Phi) is 4.92. The predicted octanol–water partition coefficient (Wildman–Crippen LogP) is 3.71. The van der Waals surface area contributed by atoms with Crippen molar-refractivity contribution in [1.82, 2.24) is 0 Å². The molecule has 0 aliphatic rings. The van der Waals surface area contributed by atoms with Crippen LogP contribution in [-0.2, 0) is 9.59 Å². The quantitative estimate of drug-likeness (QED) is 0.836. The van der Waals surface area contributed by atoms with Gasteiger partial charge in [0.25, 0.3) is 0 Å². The van der Waals surface area contributed by atoms with Gasteiger partial charge in [-0.3, -0.25) is 9.59 Å². The van der Waals surface area contributed by atoms with Gasteiger partial charge in [-0.1, -0.05) is 6.07 Å². The molecule has 0 spiro atoms. The molecule has 4 nitrogen and oxygen atoms in total. The fourth-order valence-electron chi connectivity index (χ4n) is 1.81. The number of anilines is 2. The summed E-state index contributed by atoms with van der Waals surface area (Å²) in [4.78, 5) is 24.5. The van der Waals surface area contributed by atoms with Gasteiger partial charge in [-0.05, 0) is 50.2 Å². The number of halogens is 3. The van der Waals surface area contributed by atoms with E-state index in [9.17, 15) is 22.8 Å². The lowest BCUT2D eigenvalue weighted by atomic mass is 9.90. The van der Waals surface area contributed by atoms with Crippen LogP contribution in [0.1, 0.15) is 13.8 Å². The van der Waals surface area contributed by atoms with Crippen molar-refractivity contribution >= 4 is 23.2 Å². The number of para-hydroxylation sites is 1. The first-order valence-electron chi connectivity index (χ1n) is 7.04. The summed E-state index contributed by atoms with van der Waals surface area (Å²) in [6, 6.07) is 8.10. The number of carbonyl (C=O) groups excluding carboxylic acids is 2. The number of amides is 2. The number of rotatable bonds is 4. The van der Waals surface area contributed by atoms with E-state index in [1.807, 2.05) is 0 Å². The maximum Gasteiger partial charge on any atom is 0.239 e. The molecule has 0 saturated carbocycles. The molecule has 0 heterocycles. The first kappa shape index (κ1) is 17.5. The fourth-order valence-corrected chi connectivity index (χ4v) is 1.81. The van der Waals surface area contributed by atoms with E-state index < -0.39 is 40.4 Å². The van der Waals surface area contributed by atoms with Crippen molar-refractivity contribution in [3.05, 3.63) is 59.9 Å². The van der Waals surface area contributed by atoms with Gasteiger partial charge in [0.1, 0.15) is 28.6 Å². The van der Waals surface area contributed by atoms with E-state index in [0.29, 0.717) is 5.69 Å². The van der Waals surface area contributed by atoms with E-state index in [1.54, 1.807) is 0 Å². The minimum Gasteiger partial charge on any atom is -0.325 e. The average Bonchev–Trinajstić information content (AvgIpc) is 2.53. The van der Waals surface area contributed by atoms with E-state index >= 15 is 0 Å². The lowest BCUT2D eigenvalue weighted by Gasteiger charge is -2.23. The normalized spacial score (nSPS) is 11.0. The van der Waals surface area contributed by atoms with Crippen LogP contribution >= 0.6 is 0 Å². The van der Waals surface area contributed by atoms with E-state index in [1.165, 1.54) is 26.0 Å². The largest absolute Gasteiger partial charge is 0.325 e. The van der Waals surface area contributed by atoms with Gasteiger partial charge in [0.15, 0.2) is 0 Å². The highest BCUT2D eigenvalue weighted by molar-refractivity contribution is 6.14. The molecule has 0 saturated heterocycles. The first-order valence-corrected chi connectivity index (χ1v) is 7.04. The summed E-state index contributed by atoms with van der Waals surface area (Å²) >= 11 is 0. The highest BCUT2D eigenvalue weighted by Gasteiger charge is 2.37. The second kappa shape index (κ2) is 6.74. The SMILES string of the molecule is CC(C)(C(=O)Nc1ccc(F)cc1)C(=O)Nc1c(F)cccc1F. The van der Waals surface area contributed by atoms with Crippen molar-refractivity contribution < 1.29 is 22.8 Å². The Morgan fingerprint density at radius 3 is 1.88 bits per heavy atom. The minimum absolute atomic E-state index is 0.291. The summed E-state index contributed by atoms with van der Waals surface area (Å²) in [6.45, 7) is 2.61. The van der Waals surface area contributed by atoms with Gasteiger partial charge in [0.05, 0.1) is 0 Å². The van der Waals surface area contributed by atoms with Crippen LogP contribution in [0.3, 0.4) is 0 Å². The standard InChI is InChI=1S/C17H15F3N2O2/c1-17(2,15(23)21-11-8-6-10(18)7-9-11)16(24)22-14-12(19)4-3-5-13(14)20/h3-9H,1-2H3,(H,21,23)(H,22,24). The van der Waals surface area contributed by atoms with Gasteiger partial charge in [0, 0.05) is 5.69 Å². The molecule has 2 amide bonds. The summed E-state index contributed by atoms with van der Waals surface area (Å²) in [6.07, 6.45) is 0. The first-order chi connectivity index (χ1) is 11.2. The Labute approximate surface area is 136 Å². The molecule has 2 N–H and O–H groups in total. The van der Waals surface area contributed by atoms with Gasteiger partial charge >= 0.3 is 0 Å². The van der Waals surface area contributed by atoms with Crippen LogP contribution in [0.15, 0.2) is 42.5 Å². The second-order valence-corrected chi connectivity index (χ2v) is 5.64. The van der Waals surface area contributed by atoms with Crippen molar-refractivity contribution in [3.8, 4) is 0 Å². The highest BCUT2D eigenvalue weighted by Crippen LogP contribution is 2.24. The smallest absolute Gasteiger partial charge is 0.239 e. The predicted molar refractivity (Wildman–Crippen MR) is 83.8 cm³/mol. The lowest BCUT2D eigenvalue weighted by molar-refractivity contribution is -0.135. The van der Waals surface area contributed by atoms with Gasteiger partial charge in [-0.2, -0.15) is 0 Å². The van der Waals surface area contributed by atoms with E-state index in [4.69, 9.17) is 0 Å². The number of nitrogens with one attached hydrogen (secondary N) is 2. The van der Waals surface area contributed by atoms with Gasteiger partial charge in [-0.15, -0.1) is 0 Å². The molecular formula is C17H15F3N2O2. The fraction of sp³-hybridized carbons (Fsp3) is 0.176. The monoisotopic (exact) mass is 336 g/mol. The van der Waals surface area contributed by atoms with Crippen LogP contribution in [-0.4, -0.2) is 11.8 Å². The Hall–Kier alpha value is -2.83. The van der Waals surface area contributed by atoms with Crippen LogP contribution in [0.2, 0.25) is 0 Å². The number of carbonyl (C=O) groups is 2. The average molecular weight is 336 g/mol. The van der Waals surface area contributed by atoms with Gasteiger partial charge in [-0.25, -0.2) is 13.2 Å². The van der Waals surface area contributed by atoms with Crippen LogP contribution in [0.5, 0.6) is 0 Å². The zero-order valence-corrected chi connectivity index (χ0v) is 13.0. The van der Waals surface area contributed by atoms with Crippen molar-refractivity contribution in [2.75, 3.05) is 10.6 Å². The number of hydrogen-bond acceptors (Lipinski definition) is 2. The molecule has 0 radical (unpaired) electrons. The molecule has 2 aromatic carbocycles. The molecule has 0 aliphatic carbocycles. The summed E-state index contributed by atoms with van der Waals surface area (Å²) in [7, 11) is 0. The number of hydrogen-bond donors (Lipinski definition) is 2. The van der Waals surface area contributed by atoms with Crippen LogP contribution < -0.4 is 10.6 Å². The molecule has 0 aromatic heterocycles. The summed E-state index contributed by atoms with van der Waals surface area (Å²) in [5, 5.41) is 4.54. The molecule has 24 heavy (non-hydrogen) atoms. The molecule has 0 atom stereocenters. The van der Waals surface area contributed by atoms with Crippen LogP contribution in [0.4, 0.5) is 24.5 Å². The summed E-state index contributed by atoms with van der Waals surface area (Å²) < 4.78 is 40.0. The summed E-state index contributed by atoms with van der Waals surface area (Å²) in [5.74, 6) is -3.95. The molecule has 0 bridgehead atoms. The van der Waals surface area contributed by atoms with Crippen molar-refractivity contribution in [1.29, 1.82) is 0 Å². The van der Waals surface area contributed by atoms with E-state index in [2.05, 4.69) is 10.6 Å². The van der Waals surface area contributed by atoms with Crippen LogP contribution in [0.25, 0.3) is 0 Å². The molecule has 2 aromatic rings. The van der Waals surface area contributed by atoms with Crippen molar-refractivity contribution in [2.24, 2.45) is 5.41 Å². The molecular weight excluding hydrogens is 321 g/mol. The lowest BCUT2D eigenvalue weighted by Crippen LogP contribution is -2.41.